The van der Waals surface area contributed by atoms with Gasteiger partial charge in [0.1, 0.15) is 5.76 Å². The Hall–Kier alpha value is -1.31. The minimum atomic E-state index is 0.0240. The van der Waals surface area contributed by atoms with E-state index >= 15 is 0 Å². The fourth-order valence-corrected chi connectivity index (χ4v) is 1.43. The number of rotatable bonds is 8. The predicted molar refractivity (Wildman–Crippen MR) is 77.3 cm³/mol. The van der Waals surface area contributed by atoms with Gasteiger partial charge >= 0.3 is 0 Å². The van der Waals surface area contributed by atoms with Crippen molar-refractivity contribution < 1.29 is 9.53 Å². The van der Waals surface area contributed by atoms with Crippen molar-refractivity contribution in [3.05, 3.63) is 36.1 Å². The molecule has 0 aliphatic heterocycles. The van der Waals surface area contributed by atoms with Crippen LogP contribution < -0.4 is 0 Å². The average Bonchev–Trinajstić information content (AvgIpc) is 2.41. The highest BCUT2D eigenvalue weighted by Crippen LogP contribution is 2.15. The Morgan fingerprint density at radius 3 is 2.28 bits per heavy atom. The molecule has 0 amide bonds. The van der Waals surface area contributed by atoms with Gasteiger partial charge in [-0.1, -0.05) is 40.3 Å². The Morgan fingerprint density at radius 2 is 1.89 bits per heavy atom. The number of carbonyl (C=O) groups excluding carboxylic acids is 1. The molecule has 0 bridgehead atoms. The fraction of sp³-hybridized carbons (Fsp3) is 0.562. The molecule has 0 aromatic rings. The molecule has 0 radical (unpaired) electrons. The maximum atomic E-state index is 12.1. The van der Waals surface area contributed by atoms with Gasteiger partial charge in [-0.25, -0.2) is 0 Å². The number of hydrogen-bond donors (Lipinski definition) is 0. The number of Topliss-reactive ketones (excluding diaryl/α,β-unsaturated/α-hetero) is 1. The monoisotopic (exact) mass is 250 g/mol. The van der Waals surface area contributed by atoms with Gasteiger partial charge in [0.2, 0.25) is 0 Å². The third-order valence-electron chi connectivity index (χ3n) is 3.19. The summed E-state index contributed by atoms with van der Waals surface area (Å²) in [4.78, 5) is 12.1. The van der Waals surface area contributed by atoms with Gasteiger partial charge < -0.3 is 4.74 Å². The molecule has 0 aliphatic rings. The summed E-state index contributed by atoms with van der Waals surface area (Å²) in [7, 11) is 1.62. The molecule has 0 aliphatic carbocycles. The molecule has 0 aromatic heterocycles. The number of hydrogen-bond acceptors (Lipinski definition) is 2. The van der Waals surface area contributed by atoms with Gasteiger partial charge in [0.25, 0.3) is 0 Å². The number of carbonyl (C=O) groups is 1. The van der Waals surface area contributed by atoms with Crippen LogP contribution in [0.2, 0.25) is 0 Å². The third kappa shape index (κ3) is 5.35. The minimum absolute atomic E-state index is 0.0240. The van der Waals surface area contributed by atoms with Crippen LogP contribution in [0.3, 0.4) is 0 Å². The summed E-state index contributed by atoms with van der Waals surface area (Å²) in [6.07, 6.45) is 7.31. The standard InChI is InChI=1S/C16H26O2/c1-7-12(4)10-15(18-6)11-14(9-3)16(17)13(5)8-2/h9-13H,3,7-8H2,1-2,4-6H3/b14-11+,15-10+. The third-order valence-corrected chi connectivity index (χ3v) is 3.19. The molecule has 0 saturated carbocycles. The first-order valence-corrected chi connectivity index (χ1v) is 6.64. The Balaban J connectivity index is 5.13. The maximum Gasteiger partial charge on any atom is 0.165 e. The molecular weight excluding hydrogens is 224 g/mol. The van der Waals surface area contributed by atoms with Crippen LogP contribution in [0, 0.1) is 11.8 Å². The summed E-state index contributed by atoms with van der Waals surface area (Å²) in [5.74, 6) is 1.31. The van der Waals surface area contributed by atoms with Crippen LogP contribution in [-0.4, -0.2) is 12.9 Å². The molecule has 0 spiro atoms. The molecular formula is C16H26O2. The Morgan fingerprint density at radius 1 is 1.28 bits per heavy atom. The topological polar surface area (TPSA) is 26.3 Å². The van der Waals surface area contributed by atoms with Crippen LogP contribution in [-0.2, 0) is 9.53 Å². The largest absolute Gasteiger partial charge is 0.497 e. The molecule has 0 saturated heterocycles. The van der Waals surface area contributed by atoms with Gasteiger partial charge in [-0.05, 0) is 30.9 Å². The second-order valence-electron chi connectivity index (χ2n) is 4.64. The molecule has 2 nitrogen and oxygen atoms in total. The zero-order chi connectivity index (χ0) is 14.1. The summed E-state index contributed by atoms with van der Waals surface area (Å²) in [5, 5.41) is 0. The first-order valence-electron chi connectivity index (χ1n) is 6.64. The molecule has 2 heteroatoms. The van der Waals surface area contributed by atoms with E-state index in [-0.39, 0.29) is 11.7 Å². The van der Waals surface area contributed by atoms with Crippen molar-refractivity contribution in [1.82, 2.24) is 0 Å². The normalized spacial score (nSPS) is 16.1. The lowest BCUT2D eigenvalue weighted by atomic mass is 9.96. The van der Waals surface area contributed by atoms with E-state index in [1.807, 2.05) is 19.9 Å². The molecule has 18 heavy (non-hydrogen) atoms. The minimum Gasteiger partial charge on any atom is -0.497 e. The van der Waals surface area contributed by atoms with Crippen LogP contribution in [0.25, 0.3) is 0 Å². The van der Waals surface area contributed by atoms with E-state index in [1.54, 1.807) is 19.3 Å². The molecule has 0 fully saturated rings. The van der Waals surface area contributed by atoms with Crippen molar-refractivity contribution in [2.45, 2.75) is 40.5 Å². The van der Waals surface area contributed by atoms with Gasteiger partial charge in [-0.15, -0.1) is 0 Å². The number of methoxy groups -OCH3 is 1. The van der Waals surface area contributed by atoms with Crippen molar-refractivity contribution in [2.24, 2.45) is 11.8 Å². The Kier molecular flexibility index (Phi) is 8.10. The lowest BCUT2D eigenvalue weighted by Crippen LogP contribution is -2.11. The SMILES string of the molecule is C=C/C(=C\C(=C/C(C)CC)OC)C(=O)C(C)CC. The summed E-state index contributed by atoms with van der Waals surface area (Å²) in [6.45, 7) is 11.9. The van der Waals surface area contributed by atoms with Gasteiger partial charge in [-0.2, -0.15) is 0 Å². The molecule has 0 aromatic carbocycles. The highest BCUT2D eigenvalue weighted by Gasteiger charge is 2.14. The molecule has 0 N–H and O–H groups in total. The molecule has 0 rings (SSSR count). The van der Waals surface area contributed by atoms with Crippen molar-refractivity contribution in [3.63, 3.8) is 0 Å². The molecule has 0 heterocycles. The molecule has 2 atom stereocenters. The Bertz CT molecular complexity index is 337. The highest BCUT2D eigenvalue weighted by molar-refractivity contribution is 5.99. The van der Waals surface area contributed by atoms with Gasteiger partial charge in [0, 0.05) is 11.5 Å². The van der Waals surface area contributed by atoms with E-state index in [0.717, 1.165) is 18.6 Å². The van der Waals surface area contributed by atoms with E-state index in [4.69, 9.17) is 4.74 Å². The zero-order valence-corrected chi connectivity index (χ0v) is 12.3. The van der Waals surface area contributed by atoms with Crippen LogP contribution in [0.5, 0.6) is 0 Å². The Labute approximate surface area is 111 Å². The number of allylic oxidation sites excluding steroid dienone is 4. The van der Waals surface area contributed by atoms with Crippen molar-refractivity contribution in [2.75, 3.05) is 7.11 Å². The molecule has 102 valence electrons. The van der Waals surface area contributed by atoms with Gasteiger partial charge in [-0.3, -0.25) is 4.79 Å². The second kappa shape index (κ2) is 8.73. The van der Waals surface area contributed by atoms with E-state index in [0.29, 0.717) is 11.5 Å². The van der Waals surface area contributed by atoms with Gasteiger partial charge in [0.15, 0.2) is 5.78 Å². The number of ether oxygens (including phenoxy) is 1. The van der Waals surface area contributed by atoms with E-state index in [1.165, 1.54) is 0 Å². The number of ketones is 1. The summed E-state index contributed by atoms with van der Waals surface area (Å²) < 4.78 is 5.30. The lowest BCUT2D eigenvalue weighted by molar-refractivity contribution is -0.118. The van der Waals surface area contributed by atoms with Crippen molar-refractivity contribution in [3.8, 4) is 0 Å². The summed E-state index contributed by atoms with van der Waals surface area (Å²) >= 11 is 0. The van der Waals surface area contributed by atoms with Crippen LogP contribution in [0.4, 0.5) is 0 Å². The van der Waals surface area contributed by atoms with Crippen molar-refractivity contribution >= 4 is 5.78 Å². The maximum absolute atomic E-state index is 12.1. The quantitative estimate of drug-likeness (QED) is 0.365. The van der Waals surface area contributed by atoms with Crippen molar-refractivity contribution in [1.29, 1.82) is 0 Å². The van der Waals surface area contributed by atoms with Crippen LogP contribution in [0.15, 0.2) is 36.1 Å². The first-order chi connectivity index (χ1) is 8.49. The first kappa shape index (κ1) is 16.7. The highest BCUT2D eigenvalue weighted by atomic mass is 16.5. The van der Waals surface area contributed by atoms with E-state index in [9.17, 15) is 4.79 Å². The summed E-state index contributed by atoms with van der Waals surface area (Å²) in [5.41, 5.74) is 0.626. The second-order valence-corrected chi connectivity index (χ2v) is 4.64. The smallest absolute Gasteiger partial charge is 0.165 e. The predicted octanol–water partition coefficient (Wildman–Crippen LogP) is 4.29. The zero-order valence-electron chi connectivity index (χ0n) is 12.3. The van der Waals surface area contributed by atoms with Crippen LogP contribution >= 0.6 is 0 Å². The summed E-state index contributed by atoms with van der Waals surface area (Å²) in [6, 6.07) is 0. The van der Waals surface area contributed by atoms with Gasteiger partial charge in [0.05, 0.1) is 7.11 Å². The molecule has 2 unspecified atom stereocenters. The fourth-order valence-electron chi connectivity index (χ4n) is 1.43. The van der Waals surface area contributed by atoms with E-state index < -0.39 is 0 Å². The van der Waals surface area contributed by atoms with E-state index in [2.05, 4.69) is 20.4 Å². The van der Waals surface area contributed by atoms with Crippen LogP contribution in [0.1, 0.15) is 40.5 Å². The average molecular weight is 250 g/mol. The lowest BCUT2D eigenvalue weighted by Gasteiger charge is -2.10.